The summed E-state index contributed by atoms with van der Waals surface area (Å²) in [4.78, 5) is 4.58. The second kappa shape index (κ2) is 4.39. The van der Waals surface area contributed by atoms with Gasteiger partial charge in [-0.15, -0.1) is 0 Å². The van der Waals surface area contributed by atoms with Gasteiger partial charge in [0, 0.05) is 6.54 Å². The fraction of sp³-hybridized carbons (Fsp3) is 0.750. The van der Waals surface area contributed by atoms with E-state index >= 15 is 0 Å². The zero-order chi connectivity index (χ0) is 6.41. The van der Waals surface area contributed by atoms with Gasteiger partial charge in [0.15, 0.2) is 0 Å². The molecule has 0 atom stereocenters. The van der Waals surface area contributed by atoms with Crippen molar-refractivity contribution in [3.63, 3.8) is 0 Å². The fourth-order valence-corrected chi connectivity index (χ4v) is 0.200. The van der Waals surface area contributed by atoms with Crippen LogP contribution in [-0.2, 0) is 4.84 Å². The predicted octanol–water partition coefficient (Wildman–Crippen LogP) is -0.746. The van der Waals surface area contributed by atoms with Gasteiger partial charge in [-0.25, -0.2) is 0 Å². The summed E-state index contributed by atoms with van der Waals surface area (Å²) in [6.07, 6.45) is 0. The molecular weight excluding hydrogens is 106 g/mol. The molecule has 0 aromatic heterocycles. The number of hydrogen-bond acceptors (Lipinski definition) is 3. The normalized spacial score (nSPS) is 11.5. The molecule has 0 aliphatic carbocycles. The Labute approximate surface area is 48.5 Å². The van der Waals surface area contributed by atoms with Crippen LogP contribution in [0.1, 0.15) is 6.92 Å². The van der Waals surface area contributed by atoms with Crippen molar-refractivity contribution >= 4 is 5.84 Å². The number of oxime groups is 1. The number of nitrogens with zero attached hydrogens (tertiary/aromatic N) is 1. The van der Waals surface area contributed by atoms with E-state index in [1.54, 1.807) is 6.92 Å². The molecule has 0 aliphatic heterocycles. The van der Waals surface area contributed by atoms with E-state index in [4.69, 9.17) is 11.5 Å². The molecule has 0 radical (unpaired) electrons. The summed E-state index contributed by atoms with van der Waals surface area (Å²) in [6.45, 7) is 2.54. The first-order valence-corrected chi connectivity index (χ1v) is 2.39. The molecule has 0 aromatic rings. The van der Waals surface area contributed by atoms with Gasteiger partial charge in [-0.1, -0.05) is 5.16 Å². The summed E-state index contributed by atoms with van der Waals surface area (Å²) in [5.41, 5.74) is 10.2. The molecule has 0 aromatic carbocycles. The van der Waals surface area contributed by atoms with Crippen LogP contribution in [0.25, 0.3) is 0 Å². The van der Waals surface area contributed by atoms with E-state index in [0.717, 1.165) is 0 Å². The molecule has 4 N–H and O–H groups in total. The van der Waals surface area contributed by atoms with Crippen LogP contribution in [0.4, 0.5) is 0 Å². The molecule has 0 spiro atoms. The lowest BCUT2D eigenvalue weighted by Crippen LogP contribution is -2.10. The minimum Gasteiger partial charge on any atom is -0.393 e. The summed E-state index contributed by atoms with van der Waals surface area (Å²) in [5.74, 6) is 0.415. The lowest BCUT2D eigenvalue weighted by Gasteiger charge is -1.93. The van der Waals surface area contributed by atoms with Crippen molar-refractivity contribution < 1.29 is 4.84 Å². The molecule has 0 rings (SSSR count). The Morgan fingerprint density at radius 3 is 2.75 bits per heavy atom. The smallest absolute Gasteiger partial charge is 0.136 e. The molecule has 8 heavy (non-hydrogen) atoms. The van der Waals surface area contributed by atoms with E-state index in [-0.39, 0.29) is 0 Å². The van der Waals surface area contributed by atoms with Crippen LogP contribution >= 0.6 is 0 Å². The van der Waals surface area contributed by atoms with Crippen LogP contribution in [0.3, 0.4) is 0 Å². The predicted molar refractivity (Wildman–Crippen MR) is 32.3 cm³/mol. The molecule has 0 bridgehead atoms. The molecule has 4 nitrogen and oxygen atoms in total. The maximum absolute atomic E-state index is 5.12. The van der Waals surface area contributed by atoms with Crippen LogP contribution in [0.5, 0.6) is 0 Å². The average Bonchev–Trinajstić information content (AvgIpc) is 1.66. The molecule has 0 aliphatic rings. The lowest BCUT2D eigenvalue weighted by molar-refractivity contribution is 0.151. The standard InChI is InChI=1S/C4H11N3O/c1-4(6)7-8-3-2-5/h2-3,5H2,1H3,(H2,6,7). The fourth-order valence-electron chi connectivity index (χ4n) is 0.200. The Morgan fingerprint density at radius 2 is 2.38 bits per heavy atom. The van der Waals surface area contributed by atoms with Crippen molar-refractivity contribution in [2.45, 2.75) is 6.92 Å². The highest BCUT2D eigenvalue weighted by molar-refractivity contribution is 5.76. The monoisotopic (exact) mass is 117 g/mol. The van der Waals surface area contributed by atoms with E-state index < -0.39 is 0 Å². The summed E-state index contributed by atoms with van der Waals surface area (Å²) in [5, 5.41) is 3.43. The second-order valence-corrected chi connectivity index (χ2v) is 1.35. The molecule has 4 heteroatoms. The van der Waals surface area contributed by atoms with Crippen molar-refractivity contribution in [2.24, 2.45) is 16.6 Å². The Bertz CT molecular complexity index is 77.4. The van der Waals surface area contributed by atoms with Gasteiger partial charge in [0.1, 0.15) is 12.4 Å². The molecule has 0 unspecified atom stereocenters. The van der Waals surface area contributed by atoms with Crippen molar-refractivity contribution in [2.75, 3.05) is 13.2 Å². The average molecular weight is 117 g/mol. The van der Waals surface area contributed by atoms with Crippen molar-refractivity contribution in [1.82, 2.24) is 0 Å². The van der Waals surface area contributed by atoms with Crippen LogP contribution in [0.2, 0.25) is 0 Å². The van der Waals surface area contributed by atoms with Gasteiger partial charge in [-0.05, 0) is 6.92 Å². The summed E-state index contributed by atoms with van der Waals surface area (Å²) in [7, 11) is 0. The van der Waals surface area contributed by atoms with Crippen molar-refractivity contribution in [1.29, 1.82) is 0 Å². The van der Waals surface area contributed by atoms with Gasteiger partial charge in [-0.3, -0.25) is 0 Å². The molecular formula is C4H11N3O. The third-order valence-corrected chi connectivity index (χ3v) is 0.418. The summed E-state index contributed by atoms with van der Waals surface area (Å²) in [6, 6.07) is 0. The van der Waals surface area contributed by atoms with Crippen LogP contribution in [0, 0.1) is 0 Å². The maximum atomic E-state index is 5.12. The Kier molecular flexibility index (Phi) is 3.97. The molecule has 0 saturated carbocycles. The van der Waals surface area contributed by atoms with Gasteiger partial charge in [0.2, 0.25) is 0 Å². The van der Waals surface area contributed by atoms with Crippen LogP contribution in [-0.4, -0.2) is 19.0 Å². The third-order valence-electron chi connectivity index (χ3n) is 0.418. The van der Waals surface area contributed by atoms with Crippen LogP contribution in [0.15, 0.2) is 5.16 Å². The van der Waals surface area contributed by atoms with Crippen molar-refractivity contribution in [3.05, 3.63) is 0 Å². The first kappa shape index (κ1) is 7.23. The lowest BCUT2D eigenvalue weighted by atomic mass is 10.7. The topological polar surface area (TPSA) is 73.6 Å². The zero-order valence-electron chi connectivity index (χ0n) is 4.92. The van der Waals surface area contributed by atoms with Gasteiger partial charge in [0.05, 0.1) is 0 Å². The minimum atomic E-state index is 0.415. The largest absolute Gasteiger partial charge is 0.393 e. The van der Waals surface area contributed by atoms with E-state index in [2.05, 4.69) is 9.99 Å². The Morgan fingerprint density at radius 1 is 1.75 bits per heavy atom. The van der Waals surface area contributed by atoms with Gasteiger partial charge < -0.3 is 16.3 Å². The quantitative estimate of drug-likeness (QED) is 0.221. The SMILES string of the molecule is C/C(N)=N/OCCN. The van der Waals surface area contributed by atoms with E-state index in [1.165, 1.54) is 0 Å². The number of nitrogens with two attached hydrogens (primary N) is 2. The molecule has 0 amide bonds. The first-order valence-electron chi connectivity index (χ1n) is 2.39. The van der Waals surface area contributed by atoms with E-state index in [0.29, 0.717) is 19.0 Å². The van der Waals surface area contributed by atoms with Gasteiger partial charge >= 0.3 is 0 Å². The second-order valence-electron chi connectivity index (χ2n) is 1.35. The van der Waals surface area contributed by atoms with Crippen molar-refractivity contribution in [3.8, 4) is 0 Å². The van der Waals surface area contributed by atoms with E-state index in [9.17, 15) is 0 Å². The maximum Gasteiger partial charge on any atom is 0.136 e. The Hall–Kier alpha value is -0.770. The van der Waals surface area contributed by atoms with Gasteiger partial charge in [0.25, 0.3) is 0 Å². The molecule has 0 fully saturated rings. The Balaban J connectivity index is 3.03. The first-order chi connectivity index (χ1) is 3.77. The highest BCUT2D eigenvalue weighted by Gasteiger charge is 1.77. The number of amidine groups is 1. The van der Waals surface area contributed by atoms with Gasteiger partial charge in [-0.2, -0.15) is 0 Å². The van der Waals surface area contributed by atoms with Crippen LogP contribution < -0.4 is 11.5 Å². The molecule has 0 saturated heterocycles. The number of rotatable bonds is 3. The molecule has 0 heterocycles. The third kappa shape index (κ3) is 5.23. The summed E-state index contributed by atoms with van der Waals surface area (Å²) < 4.78 is 0. The number of hydrogen-bond donors (Lipinski definition) is 2. The minimum absolute atomic E-state index is 0.415. The summed E-state index contributed by atoms with van der Waals surface area (Å²) >= 11 is 0. The van der Waals surface area contributed by atoms with E-state index in [1.807, 2.05) is 0 Å². The molecule has 48 valence electrons. The highest BCUT2D eigenvalue weighted by Crippen LogP contribution is 1.71. The zero-order valence-corrected chi connectivity index (χ0v) is 4.92. The highest BCUT2D eigenvalue weighted by atomic mass is 16.6.